The van der Waals surface area contributed by atoms with Crippen molar-refractivity contribution in [1.82, 2.24) is 25.1 Å². The number of nitrogens with zero attached hydrogens (tertiary/aromatic N) is 6. The van der Waals surface area contributed by atoms with E-state index in [1.54, 1.807) is 7.11 Å². The Morgan fingerprint density at radius 1 is 1.23 bits per heavy atom. The molecule has 9 nitrogen and oxygen atoms in total. The molecular formula is C22H26N8O. The number of H-pyrrole nitrogens is 1. The molecule has 0 saturated carbocycles. The lowest BCUT2D eigenvalue weighted by molar-refractivity contribution is 0.199. The Hall–Kier alpha value is -3.64. The average Bonchev–Trinajstić information content (AvgIpc) is 3.27. The van der Waals surface area contributed by atoms with Gasteiger partial charge in [-0.25, -0.2) is 4.98 Å². The average molecular weight is 419 g/mol. The lowest BCUT2D eigenvalue weighted by Crippen LogP contribution is -2.51. The van der Waals surface area contributed by atoms with Crippen LogP contribution in [0.25, 0.3) is 16.1 Å². The maximum Gasteiger partial charge on any atom is 0.288 e. The number of benzene rings is 1. The molecule has 1 atom stereocenters. The highest BCUT2D eigenvalue weighted by Crippen LogP contribution is 2.34. The van der Waals surface area contributed by atoms with Crippen LogP contribution in [0.3, 0.4) is 0 Å². The van der Waals surface area contributed by atoms with Crippen molar-refractivity contribution in [2.45, 2.75) is 19.9 Å². The molecule has 2 aromatic heterocycles. The van der Waals surface area contributed by atoms with Crippen molar-refractivity contribution in [3.63, 3.8) is 0 Å². The number of hydrogen-bond donors (Lipinski definition) is 2. The number of rotatable bonds is 6. The summed E-state index contributed by atoms with van der Waals surface area (Å²) in [6, 6.07) is 8.70. The Bertz CT molecular complexity index is 1070. The van der Waals surface area contributed by atoms with E-state index in [4.69, 9.17) is 11.3 Å². The highest BCUT2D eigenvalue weighted by molar-refractivity contribution is 5.73. The predicted molar refractivity (Wildman–Crippen MR) is 121 cm³/mol. The van der Waals surface area contributed by atoms with Gasteiger partial charge in [-0.15, -0.1) is 4.98 Å². The summed E-state index contributed by atoms with van der Waals surface area (Å²) in [4.78, 5) is 16.3. The maximum atomic E-state index is 6.95. The Kier molecular flexibility index (Phi) is 6.00. The molecule has 4 rings (SSSR count). The Labute approximate surface area is 181 Å². The van der Waals surface area contributed by atoms with Crippen LogP contribution in [-0.2, 0) is 0 Å². The van der Waals surface area contributed by atoms with E-state index in [0.29, 0.717) is 17.7 Å². The summed E-state index contributed by atoms with van der Waals surface area (Å²) in [5, 5.41) is 10.4. The fourth-order valence-corrected chi connectivity index (χ4v) is 3.90. The zero-order chi connectivity index (χ0) is 21.8. The van der Waals surface area contributed by atoms with Crippen molar-refractivity contribution in [2.75, 3.05) is 43.5 Å². The number of piperazine rings is 1. The summed E-state index contributed by atoms with van der Waals surface area (Å²) in [6.07, 6.45) is 2.93. The van der Waals surface area contributed by atoms with Gasteiger partial charge in [0.1, 0.15) is 5.75 Å². The van der Waals surface area contributed by atoms with Crippen LogP contribution in [0, 0.1) is 6.57 Å². The summed E-state index contributed by atoms with van der Waals surface area (Å²) in [5.74, 6) is 2.17. The van der Waals surface area contributed by atoms with E-state index in [2.05, 4.69) is 72.2 Å². The van der Waals surface area contributed by atoms with Crippen molar-refractivity contribution in [2.24, 2.45) is 0 Å². The number of anilines is 3. The molecule has 1 fully saturated rings. The molecule has 9 heteroatoms. The van der Waals surface area contributed by atoms with Gasteiger partial charge in [0.2, 0.25) is 0 Å². The van der Waals surface area contributed by atoms with E-state index in [9.17, 15) is 0 Å². The van der Waals surface area contributed by atoms with Gasteiger partial charge in [-0.3, -0.25) is 10.00 Å². The normalized spacial score (nSPS) is 16.7. The van der Waals surface area contributed by atoms with E-state index in [1.807, 2.05) is 6.07 Å². The molecule has 0 amide bonds. The molecule has 1 aliphatic heterocycles. The van der Waals surface area contributed by atoms with Gasteiger partial charge in [0.25, 0.3) is 5.82 Å². The summed E-state index contributed by atoms with van der Waals surface area (Å²) >= 11 is 0. The van der Waals surface area contributed by atoms with Crippen LogP contribution in [-0.4, -0.2) is 64.4 Å². The molecule has 0 unspecified atom stereocenters. The van der Waals surface area contributed by atoms with Gasteiger partial charge in [0.15, 0.2) is 17.8 Å². The summed E-state index contributed by atoms with van der Waals surface area (Å²) in [7, 11) is 1.68. The highest BCUT2D eigenvalue weighted by atomic mass is 16.5. The van der Waals surface area contributed by atoms with Gasteiger partial charge in [-0.05, 0) is 25.6 Å². The molecule has 1 aliphatic rings. The zero-order valence-corrected chi connectivity index (χ0v) is 18.0. The molecule has 2 N–H and O–H groups in total. The third-order valence-corrected chi connectivity index (χ3v) is 5.60. The van der Waals surface area contributed by atoms with Gasteiger partial charge in [0, 0.05) is 49.1 Å². The van der Waals surface area contributed by atoms with E-state index in [0.717, 1.165) is 48.9 Å². The minimum atomic E-state index is 0.253. The Morgan fingerprint density at radius 3 is 2.77 bits per heavy atom. The first-order valence-electron chi connectivity index (χ1n) is 10.3. The monoisotopic (exact) mass is 418 g/mol. The number of likely N-dealkylation sites (N-methyl/N-ethyl adjacent to an activating group) is 1. The van der Waals surface area contributed by atoms with Gasteiger partial charge in [-0.2, -0.15) is 5.10 Å². The van der Waals surface area contributed by atoms with Crippen LogP contribution in [0.2, 0.25) is 0 Å². The number of aromatic nitrogens is 4. The van der Waals surface area contributed by atoms with Gasteiger partial charge < -0.3 is 19.8 Å². The Morgan fingerprint density at radius 2 is 2.10 bits per heavy atom. The van der Waals surface area contributed by atoms with Crippen LogP contribution < -0.4 is 15.0 Å². The molecule has 3 aromatic rings. The van der Waals surface area contributed by atoms with Gasteiger partial charge in [-0.1, -0.05) is 13.5 Å². The second-order valence-corrected chi connectivity index (χ2v) is 7.47. The van der Waals surface area contributed by atoms with E-state index < -0.39 is 0 Å². The molecule has 3 heterocycles. The third kappa shape index (κ3) is 4.44. The van der Waals surface area contributed by atoms with Crippen LogP contribution in [0.1, 0.15) is 13.8 Å². The van der Waals surface area contributed by atoms with Crippen molar-refractivity contribution >= 4 is 23.1 Å². The largest absolute Gasteiger partial charge is 0.496 e. The molecule has 0 radical (unpaired) electrons. The number of methoxy groups -OCH3 is 1. The van der Waals surface area contributed by atoms with Crippen LogP contribution in [0.4, 0.5) is 23.1 Å². The Balaban J connectivity index is 1.51. The van der Waals surface area contributed by atoms with Crippen LogP contribution >= 0.6 is 0 Å². The van der Waals surface area contributed by atoms with E-state index >= 15 is 0 Å². The zero-order valence-electron chi connectivity index (χ0n) is 18.0. The highest BCUT2D eigenvalue weighted by Gasteiger charge is 2.23. The minimum Gasteiger partial charge on any atom is -0.496 e. The molecule has 1 aromatic carbocycles. The first-order chi connectivity index (χ1) is 15.1. The second kappa shape index (κ2) is 9.02. The predicted octanol–water partition coefficient (Wildman–Crippen LogP) is 3.70. The van der Waals surface area contributed by atoms with Crippen LogP contribution in [0.5, 0.6) is 5.75 Å². The summed E-state index contributed by atoms with van der Waals surface area (Å²) in [6.45, 7) is 15.6. The summed E-state index contributed by atoms with van der Waals surface area (Å²) in [5.41, 5.74) is 2.93. The van der Waals surface area contributed by atoms with Crippen molar-refractivity contribution in [1.29, 1.82) is 0 Å². The van der Waals surface area contributed by atoms with Crippen LogP contribution in [0.15, 0.2) is 36.7 Å². The minimum absolute atomic E-state index is 0.253. The third-order valence-electron chi connectivity index (χ3n) is 5.60. The fraction of sp³-hybridized carbons (Fsp3) is 0.364. The number of aromatic amines is 1. The van der Waals surface area contributed by atoms with Crippen molar-refractivity contribution in [3.05, 3.63) is 48.1 Å². The second-order valence-electron chi connectivity index (χ2n) is 7.47. The molecule has 0 aliphatic carbocycles. The van der Waals surface area contributed by atoms with Crippen molar-refractivity contribution in [3.8, 4) is 17.0 Å². The number of ether oxygens (including phenoxy) is 1. The fourth-order valence-electron chi connectivity index (χ4n) is 3.90. The first kappa shape index (κ1) is 20.6. The topological polar surface area (TPSA) is 86.6 Å². The van der Waals surface area contributed by atoms with E-state index in [-0.39, 0.29) is 5.82 Å². The standard InChI is InChI=1S/C22H26N8O/c1-5-29-8-9-30(14-15(29)2)16-6-7-17(19(10-16)31-4)18-11-20(28-27-18)26-22-13-24-21(23-3)12-25-22/h6-7,10-13,15H,5,8-9,14H2,1-2,4H3,(H2,25,26,27,28)/t15-/m1/s1. The smallest absolute Gasteiger partial charge is 0.288 e. The van der Waals surface area contributed by atoms with Crippen molar-refractivity contribution < 1.29 is 4.74 Å². The number of nitrogens with one attached hydrogen (secondary N) is 2. The van der Waals surface area contributed by atoms with Gasteiger partial charge >= 0.3 is 0 Å². The molecule has 160 valence electrons. The molecule has 0 bridgehead atoms. The lowest BCUT2D eigenvalue weighted by Gasteiger charge is -2.40. The number of hydrogen-bond acceptors (Lipinski definition) is 7. The molecule has 31 heavy (non-hydrogen) atoms. The van der Waals surface area contributed by atoms with Gasteiger partial charge in [0.05, 0.1) is 19.0 Å². The first-order valence-corrected chi connectivity index (χ1v) is 10.3. The lowest BCUT2D eigenvalue weighted by atomic mass is 10.1. The maximum absolute atomic E-state index is 6.95. The molecule has 0 spiro atoms. The molecular weight excluding hydrogens is 392 g/mol. The SMILES string of the molecule is [C-]#[N+]c1cnc(Nc2cc(-c3ccc(N4CCN(CC)[C@H](C)C4)cc3OC)[nH]n2)cn1. The molecule has 1 saturated heterocycles. The summed E-state index contributed by atoms with van der Waals surface area (Å²) < 4.78 is 5.70. The van der Waals surface area contributed by atoms with E-state index in [1.165, 1.54) is 12.4 Å². The quantitative estimate of drug-likeness (QED) is 0.590.